The van der Waals surface area contributed by atoms with Crippen molar-refractivity contribution < 1.29 is 14.5 Å². The molecule has 3 rings (SSSR count). The minimum Gasteiger partial charge on any atom is -0.366 e. The number of carbonyl (C=O) groups excluding carboxylic acids is 2. The fraction of sp³-hybridized carbons (Fsp3) is 0.286. The molecular weight excluding hydrogens is 418 g/mol. The van der Waals surface area contributed by atoms with Crippen molar-refractivity contribution in [1.82, 2.24) is 5.32 Å². The van der Waals surface area contributed by atoms with Crippen molar-refractivity contribution in [3.8, 4) is 0 Å². The zero-order chi connectivity index (χ0) is 22.4. The van der Waals surface area contributed by atoms with Gasteiger partial charge in [-0.25, -0.2) is 0 Å². The zero-order valence-corrected chi connectivity index (χ0v) is 17.8. The van der Waals surface area contributed by atoms with Crippen LogP contribution in [0.5, 0.6) is 0 Å². The Balaban J connectivity index is 1.67. The van der Waals surface area contributed by atoms with Crippen LogP contribution in [0.4, 0.5) is 22.7 Å². The van der Waals surface area contributed by atoms with E-state index in [1.165, 1.54) is 6.07 Å². The smallest absolute Gasteiger partial charge is 0.293 e. The van der Waals surface area contributed by atoms with E-state index in [9.17, 15) is 19.7 Å². The fourth-order valence-corrected chi connectivity index (χ4v) is 3.49. The molecule has 9 nitrogen and oxygen atoms in total. The number of nitro benzene ring substituents is 1. The first-order chi connectivity index (χ1) is 14.9. The predicted octanol–water partition coefficient (Wildman–Crippen LogP) is 3.67. The number of amides is 2. The SMILES string of the molecule is CCC(=O)NC(=S)Nc1ccc(NC(=O)c2ccc(N3CCCC3)c([N+](=O)[O-])c2)cc1. The lowest BCUT2D eigenvalue weighted by Gasteiger charge is -2.17. The molecule has 3 N–H and O–H groups in total. The van der Waals surface area contributed by atoms with Gasteiger partial charge in [-0.1, -0.05) is 6.92 Å². The molecule has 1 heterocycles. The van der Waals surface area contributed by atoms with Crippen LogP contribution in [0.2, 0.25) is 0 Å². The highest BCUT2D eigenvalue weighted by Gasteiger charge is 2.23. The van der Waals surface area contributed by atoms with Gasteiger partial charge in [0.15, 0.2) is 5.11 Å². The number of benzene rings is 2. The summed E-state index contributed by atoms with van der Waals surface area (Å²) in [5, 5.41) is 19.9. The van der Waals surface area contributed by atoms with Crippen LogP contribution in [0.25, 0.3) is 0 Å². The minimum atomic E-state index is -0.453. The summed E-state index contributed by atoms with van der Waals surface area (Å²) >= 11 is 5.06. The third kappa shape index (κ3) is 5.76. The molecule has 2 amide bonds. The van der Waals surface area contributed by atoms with Crippen LogP contribution < -0.4 is 20.9 Å². The van der Waals surface area contributed by atoms with Gasteiger partial charge in [0.1, 0.15) is 5.69 Å². The molecule has 0 aliphatic carbocycles. The van der Waals surface area contributed by atoms with E-state index < -0.39 is 10.8 Å². The Bertz CT molecular complexity index is 1000. The van der Waals surface area contributed by atoms with Gasteiger partial charge >= 0.3 is 0 Å². The summed E-state index contributed by atoms with van der Waals surface area (Å²) in [6.45, 7) is 3.28. The van der Waals surface area contributed by atoms with Gasteiger partial charge in [-0.3, -0.25) is 19.7 Å². The molecule has 1 saturated heterocycles. The Hall–Kier alpha value is -3.53. The second-order valence-electron chi connectivity index (χ2n) is 7.04. The molecule has 0 unspecified atom stereocenters. The van der Waals surface area contributed by atoms with Crippen molar-refractivity contribution in [3.05, 3.63) is 58.1 Å². The summed E-state index contributed by atoms with van der Waals surface area (Å²) in [6, 6.07) is 11.3. The first-order valence-electron chi connectivity index (χ1n) is 9.93. The van der Waals surface area contributed by atoms with Crippen molar-refractivity contribution in [2.24, 2.45) is 0 Å². The molecule has 2 aromatic rings. The van der Waals surface area contributed by atoms with Crippen molar-refractivity contribution in [1.29, 1.82) is 0 Å². The first kappa shape index (κ1) is 22.2. The van der Waals surface area contributed by atoms with Crippen LogP contribution in [-0.4, -0.2) is 34.9 Å². The van der Waals surface area contributed by atoms with Crippen molar-refractivity contribution in [2.75, 3.05) is 28.6 Å². The van der Waals surface area contributed by atoms with Crippen LogP contribution in [0.1, 0.15) is 36.5 Å². The molecule has 31 heavy (non-hydrogen) atoms. The van der Waals surface area contributed by atoms with Crippen molar-refractivity contribution in [3.63, 3.8) is 0 Å². The van der Waals surface area contributed by atoms with Crippen LogP contribution in [0.3, 0.4) is 0 Å². The molecule has 1 aliphatic heterocycles. The number of thiocarbonyl (C=S) groups is 1. The zero-order valence-electron chi connectivity index (χ0n) is 17.0. The summed E-state index contributed by atoms with van der Waals surface area (Å²) in [5.74, 6) is -0.631. The van der Waals surface area contributed by atoms with Crippen LogP contribution in [-0.2, 0) is 4.79 Å². The molecule has 0 radical (unpaired) electrons. The average Bonchev–Trinajstić information content (AvgIpc) is 3.29. The average molecular weight is 442 g/mol. The summed E-state index contributed by atoms with van der Waals surface area (Å²) in [7, 11) is 0. The highest BCUT2D eigenvalue weighted by Crippen LogP contribution is 2.32. The Morgan fingerprint density at radius 1 is 1.06 bits per heavy atom. The van der Waals surface area contributed by atoms with E-state index in [0.717, 1.165) is 25.9 Å². The lowest BCUT2D eigenvalue weighted by atomic mass is 10.1. The number of nitrogens with one attached hydrogen (secondary N) is 3. The van der Waals surface area contributed by atoms with Gasteiger partial charge in [0.2, 0.25) is 5.91 Å². The van der Waals surface area contributed by atoms with E-state index in [4.69, 9.17) is 12.2 Å². The highest BCUT2D eigenvalue weighted by atomic mass is 32.1. The van der Waals surface area contributed by atoms with Crippen LogP contribution in [0, 0.1) is 10.1 Å². The summed E-state index contributed by atoms with van der Waals surface area (Å²) in [6.07, 6.45) is 2.32. The summed E-state index contributed by atoms with van der Waals surface area (Å²) in [4.78, 5) is 37.0. The van der Waals surface area contributed by atoms with Gasteiger partial charge in [0, 0.05) is 42.5 Å². The van der Waals surface area contributed by atoms with E-state index in [1.54, 1.807) is 43.3 Å². The number of hydrogen-bond acceptors (Lipinski definition) is 6. The normalized spacial score (nSPS) is 12.9. The van der Waals surface area contributed by atoms with Crippen molar-refractivity contribution >= 4 is 51.9 Å². The molecule has 0 atom stereocenters. The molecular formula is C21H23N5O4S. The minimum absolute atomic E-state index is 0.0725. The number of nitro groups is 1. The maximum absolute atomic E-state index is 12.6. The first-order valence-corrected chi connectivity index (χ1v) is 10.3. The maximum Gasteiger partial charge on any atom is 0.293 e. The van der Waals surface area contributed by atoms with Gasteiger partial charge < -0.3 is 20.9 Å². The fourth-order valence-electron chi connectivity index (χ4n) is 3.25. The van der Waals surface area contributed by atoms with Gasteiger partial charge in [-0.2, -0.15) is 0 Å². The number of carbonyl (C=O) groups is 2. The summed E-state index contributed by atoms with van der Waals surface area (Å²) < 4.78 is 0. The predicted molar refractivity (Wildman–Crippen MR) is 124 cm³/mol. The van der Waals surface area contributed by atoms with Crippen LogP contribution in [0.15, 0.2) is 42.5 Å². The maximum atomic E-state index is 12.6. The topological polar surface area (TPSA) is 117 Å². The molecule has 0 saturated carbocycles. The molecule has 10 heteroatoms. The van der Waals surface area contributed by atoms with E-state index in [0.29, 0.717) is 23.5 Å². The number of anilines is 3. The van der Waals surface area contributed by atoms with Gasteiger partial charge in [0.05, 0.1) is 4.92 Å². The lowest BCUT2D eigenvalue weighted by Crippen LogP contribution is -2.33. The van der Waals surface area contributed by atoms with E-state index in [-0.39, 0.29) is 22.3 Å². The van der Waals surface area contributed by atoms with Crippen molar-refractivity contribution in [2.45, 2.75) is 26.2 Å². The Morgan fingerprint density at radius 2 is 1.68 bits per heavy atom. The molecule has 1 fully saturated rings. The quantitative estimate of drug-likeness (QED) is 0.356. The second kappa shape index (κ2) is 9.98. The monoisotopic (exact) mass is 441 g/mol. The molecule has 0 spiro atoms. The lowest BCUT2D eigenvalue weighted by molar-refractivity contribution is -0.384. The standard InChI is InChI=1S/C21H23N5O4S/c1-2-19(27)24-21(31)23-16-8-6-15(7-9-16)22-20(28)14-5-10-17(18(13-14)26(29)30)25-11-3-4-12-25/h5-10,13H,2-4,11-12H2,1H3,(H,22,28)(H2,23,24,27,31). The van der Waals surface area contributed by atoms with E-state index in [1.807, 2.05) is 4.90 Å². The van der Waals surface area contributed by atoms with Gasteiger partial charge in [-0.05, 0) is 61.5 Å². The third-order valence-corrected chi connectivity index (χ3v) is 5.06. The molecule has 0 bridgehead atoms. The number of rotatable bonds is 6. The van der Waals surface area contributed by atoms with Gasteiger partial charge in [0.25, 0.3) is 11.6 Å². The van der Waals surface area contributed by atoms with Crippen LogP contribution >= 0.6 is 12.2 Å². The molecule has 0 aromatic heterocycles. The molecule has 1 aliphatic rings. The highest BCUT2D eigenvalue weighted by molar-refractivity contribution is 7.80. The van der Waals surface area contributed by atoms with Gasteiger partial charge in [-0.15, -0.1) is 0 Å². The molecule has 2 aromatic carbocycles. The largest absolute Gasteiger partial charge is 0.366 e. The van der Waals surface area contributed by atoms with E-state index >= 15 is 0 Å². The van der Waals surface area contributed by atoms with E-state index in [2.05, 4.69) is 16.0 Å². The number of hydrogen-bond donors (Lipinski definition) is 3. The summed E-state index contributed by atoms with van der Waals surface area (Å²) in [5.41, 5.74) is 1.84. The second-order valence-corrected chi connectivity index (χ2v) is 7.45. The number of nitrogens with zero attached hydrogens (tertiary/aromatic N) is 2. The molecule has 162 valence electrons. The Morgan fingerprint density at radius 3 is 2.26 bits per heavy atom. The Kier molecular flexibility index (Phi) is 7.14. The Labute approximate surface area is 185 Å². The third-order valence-electron chi connectivity index (χ3n) is 4.86.